The minimum absolute atomic E-state index is 0.0886. The van der Waals surface area contributed by atoms with Crippen molar-refractivity contribution in [2.75, 3.05) is 18.9 Å². The van der Waals surface area contributed by atoms with Crippen molar-refractivity contribution in [2.45, 2.75) is 18.7 Å². The van der Waals surface area contributed by atoms with Crippen LogP contribution in [-0.4, -0.2) is 37.2 Å². The molecule has 140 valence electrons. The number of nitrogens with zero attached hydrogens (tertiary/aromatic N) is 2. The first-order chi connectivity index (χ1) is 12.8. The number of rotatable bonds is 5. The molecule has 0 aliphatic carbocycles. The number of hydrogen-bond acceptors (Lipinski definition) is 4. The Balaban J connectivity index is 1.82. The number of benzene rings is 2. The molecule has 3 rings (SSSR count). The van der Waals surface area contributed by atoms with Gasteiger partial charge in [-0.25, -0.2) is 8.42 Å². The number of aromatic nitrogens is 1. The van der Waals surface area contributed by atoms with Crippen LogP contribution in [0.4, 0.5) is 5.69 Å². The average molecular weight is 383 g/mol. The number of sulfonamides is 1. The van der Waals surface area contributed by atoms with Crippen LogP contribution >= 0.6 is 0 Å². The van der Waals surface area contributed by atoms with E-state index in [1.807, 2.05) is 38.1 Å². The Morgan fingerprint density at radius 1 is 1.07 bits per heavy atom. The quantitative estimate of drug-likeness (QED) is 0.734. The number of aryl methyl sites for hydroxylation is 2. The lowest BCUT2D eigenvalue weighted by Crippen LogP contribution is -2.35. The first-order valence-corrected chi connectivity index (χ1v) is 9.89. The Bertz CT molecular complexity index is 1090. The highest BCUT2D eigenvalue weighted by atomic mass is 32.2. The van der Waals surface area contributed by atoms with Crippen molar-refractivity contribution in [1.82, 2.24) is 9.29 Å². The number of hydrogen-bond donors (Lipinski definition) is 1. The number of carbonyl (C=O) groups is 1. The van der Waals surface area contributed by atoms with Gasteiger partial charge in [0.2, 0.25) is 15.9 Å². The third-order valence-electron chi connectivity index (χ3n) is 4.20. The highest BCUT2D eigenvalue weighted by Gasteiger charge is 2.25. The number of amides is 1. The third kappa shape index (κ3) is 4.15. The Morgan fingerprint density at radius 3 is 2.48 bits per heavy atom. The van der Waals surface area contributed by atoms with Crippen LogP contribution in [0.2, 0.25) is 0 Å². The minimum atomic E-state index is -3.86. The van der Waals surface area contributed by atoms with Crippen LogP contribution in [-0.2, 0) is 14.8 Å². The van der Waals surface area contributed by atoms with Crippen molar-refractivity contribution in [2.24, 2.45) is 0 Å². The molecule has 0 unspecified atom stereocenters. The van der Waals surface area contributed by atoms with Gasteiger partial charge in [-0.05, 0) is 43.7 Å². The van der Waals surface area contributed by atoms with Crippen molar-refractivity contribution < 1.29 is 13.2 Å². The molecule has 7 heteroatoms. The Kier molecular flexibility index (Phi) is 5.25. The van der Waals surface area contributed by atoms with Crippen molar-refractivity contribution in [3.63, 3.8) is 0 Å². The van der Waals surface area contributed by atoms with Crippen LogP contribution in [0.5, 0.6) is 0 Å². The van der Waals surface area contributed by atoms with E-state index in [0.717, 1.165) is 20.8 Å². The van der Waals surface area contributed by atoms with Gasteiger partial charge in [0.1, 0.15) is 4.90 Å². The molecule has 0 spiro atoms. The maximum absolute atomic E-state index is 13.0. The minimum Gasteiger partial charge on any atom is -0.325 e. The van der Waals surface area contributed by atoms with Gasteiger partial charge in [0.15, 0.2) is 0 Å². The van der Waals surface area contributed by atoms with E-state index in [2.05, 4.69) is 10.3 Å². The van der Waals surface area contributed by atoms with E-state index in [-0.39, 0.29) is 11.4 Å². The summed E-state index contributed by atoms with van der Waals surface area (Å²) in [6.07, 6.45) is 1.63. The van der Waals surface area contributed by atoms with E-state index in [0.29, 0.717) is 11.2 Å². The maximum atomic E-state index is 13.0. The normalized spacial score (nSPS) is 11.7. The second-order valence-electron chi connectivity index (χ2n) is 6.52. The zero-order chi connectivity index (χ0) is 19.6. The van der Waals surface area contributed by atoms with E-state index in [1.54, 1.807) is 24.4 Å². The molecule has 1 N–H and O–H groups in total. The van der Waals surface area contributed by atoms with Gasteiger partial charge in [-0.3, -0.25) is 9.78 Å². The fourth-order valence-corrected chi connectivity index (χ4v) is 4.03. The Morgan fingerprint density at radius 2 is 1.78 bits per heavy atom. The highest BCUT2D eigenvalue weighted by Crippen LogP contribution is 2.24. The van der Waals surface area contributed by atoms with Crippen LogP contribution in [0.1, 0.15) is 11.1 Å². The zero-order valence-corrected chi connectivity index (χ0v) is 16.2. The molecule has 0 saturated heterocycles. The number of carbonyl (C=O) groups excluding carboxylic acids is 1. The molecule has 0 saturated carbocycles. The smallest absolute Gasteiger partial charge is 0.245 e. The largest absolute Gasteiger partial charge is 0.325 e. The number of para-hydroxylation sites is 1. The molecule has 1 aromatic heterocycles. The number of likely N-dealkylation sites (N-methyl/N-ethyl adjacent to an activating group) is 1. The average Bonchev–Trinajstić information content (AvgIpc) is 2.62. The molecule has 2 aromatic carbocycles. The van der Waals surface area contributed by atoms with Gasteiger partial charge in [-0.2, -0.15) is 4.31 Å². The van der Waals surface area contributed by atoms with E-state index in [9.17, 15) is 13.2 Å². The van der Waals surface area contributed by atoms with E-state index >= 15 is 0 Å². The van der Waals surface area contributed by atoms with Gasteiger partial charge in [0, 0.05) is 24.3 Å². The first kappa shape index (κ1) is 19.0. The Hall–Kier alpha value is -2.77. The molecular weight excluding hydrogens is 362 g/mol. The van der Waals surface area contributed by atoms with Crippen LogP contribution in [0, 0.1) is 13.8 Å². The number of fused-ring (bicyclic) bond motifs is 1. The van der Waals surface area contributed by atoms with E-state index < -0.39 is 15.9 Å². The summed E-state index contributed by atoms with van der Waals surface area (Å²) in [5.41, 5.74) is 3.04. The lowest BCUT2D eigenvalue weighted by atomic mass is 10.2. The second kappa shape index (κ2) is 7.46. The van der Waals surface area contributed by atoms with Crippen molar-refractivity contribution in [3.05, 3.63) is 65.9 Å². The predicted octanol–water partition coefficient (Wildman–Crippen LogP) is 3.11. The summed E-state index contributed by atoms with van der Waals surface area (Å²) in [4.78, 5) is 16.6. The summed E-state index contributed by atoms with van der Waals surface area (Å²) in [5, 5.41) is 3.45. The molecule has 3 aromatic rings. The summed E-state index contributed by atoms with van der Waals surface area (Å²) in [6, 6.07) is 14.2. The summed E-state index contributed by atoms with van der Waals surface area (Å²) in [6.45, 7) is 3.55. The molecule has 27 heavy (non-hydrogen) atoms. The van der Waals surface area contributed by atoms with Crippen LogP contribution in [0.15, 0.2) is 59.6 Å². The van der Waals surface area contributed by atoms with Crippen LogP contribution in [0.25, 0.3) is 10.9 Å². The highest BCUT2D eigenvalue weighted by molar-refractivity contribution is 7.89. The standard InChI is InChI=1S/C20H21N3O3S/c1-14-7-9-17(10-8-14)22-19(24)13-23(3)27(25,26)18-6-4-5-16-11-15(2)12-21-20(16)18/h4-12H,13H2,1-3H3,(H,22,24). The summed E-state index contributed by atoms with van der Waals surface area (Å²) >= 11 is 0. The molecule has 0 aliphatic heterocycles. The van der Waals surface area contributed by atoms with Gasteiger partial charge in [-0.15, -0.1) is 0 Å². The third-order valence-corrected chi connectivity index (χ3v) is 6.04. The molecular formula is C20H21N3O3S. The van der Waals surface area contributed by atoms with Crippen molar-refractivity contribution >= 4 is 32.5 Å². The molecule has 0 fully saturated rings. The zero-order valence-electron chi connectivity index (χ0n) is 15.4. The molecule has 1 heterocycles. The van der Waals surface area contributed by atoms with Gasteiger partial charge < -0.3 is 5.32 Å². The SMILES string of the molecule is Cc1ccc(NC(=O)CN(C)S(=O)(=O)c2cccc3cc(C)cnc23)cc1. The second-order valence-corrected chi connectivity index (χ2v) is 8.53. The first-order valence-electron chi connectivity index (χ1n) is 8.45. The van der Waals surface area contributed by atoms with E-state index in [4.69, 9.17) is 0 Å². The molecule has 1 amide bonds. The Labute approximate surface area is 158 Å². The van der Waals surface area contributed by atoms with Gasteiger partial charge in [-0.1, -0.05) is 29.8 Å². The number of nitrogens with one attached hydrogen (secondary N) is 1. The molecule has 0 radical (unpaired) electrons. The molecule has 0 bridgehead atoms. The van der Waals surface area contributed by atoms with Gasteiger partial charge in [0.05, 0.1) is 12.1 Å². The molecule has 0 aliphatic rings. The maximum Gasteiger partial charge on any atom is 0.245 e. The number of anilines is 1. The van der Waals surface area contributed by atoms with Crippen molar-refractivity contribution in [3.8, 4) is 0 Å². The van der Waals surface area contributed by atoms with Crippen LogP contribution in [0.3, 0.4) is 0 Å². The van der Waals surface area contributed by atoms with Gasteiger partial charge >= 0.3 is 0 Å². The van der Waals surface area contributed by atoms with Gasteiger partial charge in [0.25, 0.3) is 0 Å². The predicted molar refractivity (Wildman–Crippen MR) is 106 cm³/mol. The topological polar surface area (TPSA) is 79.4 Å². The summed E-state index contributed by atoms with van der Waals surface area (Å²) in [5.74, 6) is -0.408. The molecule has 0 atom stereocenters. The monoisotopic (exact) mass is 383 g/mol. The summed E-state index contributed by atoms with van der Waals surface area (Å²) < 4.78 is 27.0. The van der Waals surface area contributed by atoms with E-state index in [1.165, 1.54) is 13.1 Å². The van der Waals surface area contributed by atoms with Crippen LogP contribution < -0.4 is 5.32 Å². The lowest BCUT2D eigenvalue weighted by Gasteiger charge is -2.18. The summed E-state index contributed by atoms with van der Waals surface area (Å²) in [7, 11) is -2.48. The fourth-order valence-electron chi connectivity index (χ4n) is 2.74. The number of pyridine rings is 1. The fraction of sp³-hybridized carbons (Fsp3) is 0.200. The molecule has 6 nitrogen and oxygen atoms in total. The lowest BCUT2D eigenvalue weighted by molar-refractivity contribution is -0.116. The van der Waals surface area contributed by atoms with Crippen molar-refractivity contribution in [1.29, 1.82) is 0 Å².